The highest BCUT2D eigenvalue weighted by Crippen LogP contribution is 2.39. The molecule has 0 aliphatic carbocycles. The van der Waals surface area contributed by atoms with Crippen molar-refractivity contribution in [3.63, 3.8) is 0 Å². The van der Waals surface area contributed by atoms with Gasteiger partial charge in [0.05, 0.1) is 53.5 Å². The van der Waals surface area contributed by atoms with Gasteiger partial charge in [0.2, 0.25) is 0 Å². The summed E-state index contributed by atoms with van der Waals surface area (Å²) in [6.45, 7) is 2.00. The van der Waals surface area contributed by atoms with E-state index in [1.54, 1.807) is 38.2 Å². The zero-order valence-electron chi connectivity index (χ0n) is 18.4. The predicted octanol–water partition coefficient (Wildman–Crippen LogP) is 4.02. The first-order chi connectivity index (χ1) is 15.8. The molecule has 1 heterocycles. The van der Waals surface area contributed by atoms with Gasteiger partial charge < -0.3 is 14.2 Å². The lowest BCUT2D eigenvalue weighted by molar-refractivity contribution is -0.385. The average molecular weight is 471 g/mol. The number of hydrogen-bond donors (Lipinski definition) is 0. The first kappa shape index (κ1) is 23.8. The zero-order valence-corrected chi connectivity index (χ0v) is 19.2. The molecule has 0 bridgehead atoms. The molecule has 0 aromatic heterocycles. The van der Waals surface area contributed by atoms with Crippen molar-refractivity contribution in [2.45, 2.75) is 6.92 Å². The topological polar surface area (TPSA) is 121 Å². The third kappa shape index (κ3) is 5.14. The Kier molecular flexibility index (Phi) is 7.34. The third-order valence-corrected chi connectivity index (χ3v) is 5.68. The van der Waals surface area contributed by atoms with Crippen molar-refractivity contribution in [1.29, 1.82) is 0 Å². The summed E-state index contributed by atoms with van der Waals surface area (Å²) in [6.07, 6.45) is 1.43. The number of aliphatic imine (C=N–C) groups is 1. The average Bonchev–Trinajstić information content (AvgIpc) is 3.06. The Balaban J connectivity index is 1.93. The number of nitro groups is 1. The first-order valence-corrected chi connectivity index (χ1v) is 10.5. The van der Waals surface area contributed by atoms with Gasteiger partial charge in [0.1, 0.15) is 0 Å². The van der Waals surface area contributed by atoms with Crippen LogP contribution in [0.5, 0.6) is 11.5 Å². The lowest BCUT2D eigenvalue weighted by Gasteiger charge is -2.09. The minimum Gasteiger partial charge on any atom is -0.493 e. The standard InChI is InChI=1S/C22H21N3O7S/c1-5-32-21(27)13-6-8-15(9-7-13)23-22-24(2)20(26)19(33-22)11-14-10-17(30-3)18(31-4)12-16(14)25(28)29/h6-12H,5H2,1-4H3. The molecule has 3 rings (SSSR count). The van der Waals surface area contributed by atoms with E-state index in [-0.39, 0.29) is 34.4 Å². The fraction of sp³-hybridized carbons (Fsp3) is 0.227. The van der Waals surface area contributed by atoms with Gasteiger partial charge in [-0.1, -0.05) is 0 Å². The molecule has 1 aliphatic rings. The number of esters is 1. The maximum Gasteiger partial charge on any atom is 0.338 e. The van der Waals surface area contributed by atoms with Crippen LogP contribution in [-0.4, -0.2) is 54.7 Å². The van der Waals surface area contributed by atoms with E-state index in [4.69, 9.17) is 14.2 Å². The van der Waals surface area contributed by atoms with Gasteiger partial charge in [0.25, 0.3) is 11.6 Å². The Morgan fingerprint density at radius 3 is 2.39 bits per heavy atom. The number of benzene rings is 2. The van der Waals surface area contributed by atoms with Crippen LogP contribution in [0.4, 0.5) is 11.4 Å². The summed E-state index contributed by atoms with van der Waals surface area (Å²) in [6, 6.07) is 9.14. The van der Waals surface area contributed by atoms with E-state index in [9.17, 15) is 19.7 Å². The van der Waals surface area contributed by atoms with E-state index in [0.29, 0.717) is 22.2 Å². The fourth-order valence-electron chi connectivity index (χ4n) is 2.95. The van der Waals surface area contributed by atoms with Crippen LogP contribution < -0.4 is 9.47 Å². The number of methoxy groups -OCH3 is 2. The van der Waals surface area contributed by atoms with Gasteiger partial charge in [-0.2, -0.15) is 0 Å². The molecule has 0 saturated carbocycles. The number of nitrogens with zero attached hydrogens (tertiary/aromatic N) is 3. The molecule has 11 heteroatoms. The molecule has 0 spiro atoms. The summed E-state index contributed by atoms with van der Waals surface area (Å²) in [5, 5.41) is 11.9. The number of carbonyl (C=O) groups is 2. The normalized spacial score (nSPS) is 15.8. The Bertz CT molecular complexity index is 1160. The van der Waals surface area contributed by atoms with E-state index in [0.717, 1.165) is 11.8 Å². The second-order valence-corrected chi connectivity index (χ2v) is 7.67. The van der Waals surface area contributed by atoms with Crippen LogP contribution in [0.25, 0.3) is 6.08 Å². The van der Waals surface area contributed by atoms with E-state index >= 15 is 0 Å². The molecule has 10 nitrogen and oxygen atoms in total. The van der Waals surface area contributed by atoms with Gasteiger partial charge in [0, 0.05) is 7.05 Å². The molecule has 0 radical (unpaired) electrons. The summed E-state index contributed by atoms with van der Waals surface area (Å²) in [4.78, 5) is 41.6. The number of nitro benzene ring substituents is 1. The lowest BCUT2D eigenvalue weighted by atomic mass is 10.1. The molecule has 1 amide bonds. The molecule has 0 unspecified atom stereocenters. The molecule has 1 aliphatic heterocycles. The van der Waals surface area contributed by atoms with Crippen LogP contribution in [0.3, 0.4) is 0 Å². The van der Waals surface area contributed by atoms with Crippen LogP contribution >= 0.6 is 11.8 Å². The third-order valence-electron chi connectivity index (χ3n) is 4.62. The van der Waals surface area contributed by atoms with Crippen molar-refractivity contribution >= 4 is 46.3 Å². The Labute approximate surface area is 194 Å². The van der Waals surface area contributed by atoms with Crippen molar-refractivity contribution in [1.82, 2.24) is 4.90 Å². The van der Waals surface area contributed by atoms with Crippen molar-refractivity contribution in [2.75, 3.05) is 27.9 Å². The minimum atomic E-state index is -0.553. The van der Waals surface area contributed by atoms with Crippen LogP contribution in [0.2, 0.25) is 0 Å². The number of ether oxygens (including phenoxy) is 3. The van der Waals surface area contributed by atoms with E-state index in [1.807, 2.05) is 0 Å². The summed E-state index contributed by atoms with van der Waals surface area (Å²) in [5.74, 6) is -0.274. The highest BCUT2D eigenvalue weighted by atomic mass is 32.2. The molecule has 33 heavy (non-hydrogen) atoms. The maximum atomic E-state index is 12.8. The van der Waals surface area contributed by atoms with Crippen molar-refractivity contribution < 1.29 is 28.7 Å². The largest absolute Gasteiger partial charge is 0.493 e. The van der Waals surface area contributed by atoms with Gasteiger partial charge in [-0.15, -0.1) is 0 Å². The minimum absolute atomic E-state index is 0.196. The van der Waals surface area contributed by atoms with Crippen LogP contribution in [0.15, 0.2) is 46.3 Å². The monoisotopic (exact) mass is 471 g/mol. The van der Waals surface area contributed by atoms with Gasteiger partial charge >= 0.3 is 5.97 Å². The highest BCUT2D eigenvalue weighted by Gasteiger charge is 2.31. The number of amides is 1. The quantitative estimate of drug-likeness (QED) is 0.257. The molecule has 172 valence electrons. The molecule has 0 atom stereocenters. The smallest absolute Gasteiger partial charge is 0.338 e. The fourth-order valence-corrected chi connectivity index (χ4v) is 3.93. The summed E-state index contributed by atoms with van der Waals surface area (Å²) >= 11 is 1.08. The van der Waals surface area contributed by atoms with Crippen molar-refractivity contribution in [2.24, 2.45) is 4.99 Å². The van der Waals surface area contributed by atoms with Gasteiger partial charge in [-0.25, -0.2) is 9.79 Å². The Morgan fingerprint density at radius 1 is 1.18 bits per heavy atom. The van der Waals surface area contributed by atoms with E-state index < -0.39 is 10.9 Å². The highest BCUT2D eigenvalue weighted by molar-refractivity contribution is 8.18. The molecule has 0 N–H and O–H groups in total. The molecular weight excluding hydrogens is 450 g/mol. The molecule has 2 aromatic carbocycles. The van der Waals surface area contributed by atoms with Crippen molar-refractivity contribution in [3.05, 3.63) is 62.5 Å². The van der Waals surface area contributed by atoms with Crippen LogP contribution in [-0.2, 0) is 9.53 Å². The molecular formula is C22H21N3O7S. The first-order valence-electron chi connectivity index (χ1n) is 9.72. The van der Waals surface area contributed by atoms with Crippen molar-refractivity contribution in [3.8, 4) is 11.5 Å². The Morgan fingerprint density at radius 2 is 1.82 bits per heavy atom. The van der Waals surface area contributed by atoms with Gasteiger partial charge in [-0.3, -0.25) is 19.8 Å². The van der Waals surface area contributed by atoms with Gasteiger partial charge in [0.15, 0.2) is 16.7 Å². The summed E-state index contributed by atoms with van der Waals surface area (Å²) in [7, 11) is 4.36. The Hall–Kier alpha value is -3.86. The lowest BCUT2D eigenvalue weighted by Crippen LogP contribution is -2.23. The predicted molar refractivity (Wildman–Crippen MR) is 124 cm³/mol. The SMILES string of the molecule is CCOC(=O)c1ccc(N=C2SC(=Cc3cc(OC)c(OC)cc3[N+](=O)[O-])C(=O)N2C)cc1. The summed E-state index contributed by atoms with van der Waals surface area (Å²) in [5.41, 5.74) is 0.896. The van der Waals surface area contributed by atoms with Crippen LogP contribution in [0, 0.1) is 10.1 Å². The number of likely N-dealkylation sites (N-methyl/N-ethyl adjacent to an activating group) is 1. The molecule has 1 fully saturated rings. The van der Waals surface area contributed by atoms with Gasteiger partial charge in [-0.05, 0) is 55.1 Å². The summed E-state index contributed by atoms with van der Waals surface area (Å²) < 4.78 is 15.3. The van der Waals surface area contributed by atoms with E-state index in [1.165, 1.54) is 37.3 Å². The number of hydrogen-bond acceptors (Lipinski definition) is 9. The molecule has 2 aromatic rings. The number of carbonyl (C=O) groups excluding carboxylic acids is 2. The van der Waals surface area contributed by atoms with E-state index in [2.05, 4.69) is 4.99 Å². The number of thioether (sulfide) groups is 1. The second-order valence-electron chi connectivity index (χ2n) is 6.66. The molecule has 1 saturated heterocycles. The second kappa shape index (κ2) is 10.2. The maximum absolute atomic E-state index is 12.8. The zero-order chi connectivity index (χ0) is 24.1. The van der Waals surface area contributed by atoms with Crippen LogP contribution in [0.1, 0.15) is 22.8 Å². The number of amidine groups is 1. The number of rotatable bonds is 7.